The average Bonchev–Trinajstić information content (AvgIpc) is 2.94. The Kier molecular flexibility index (Phi) is 3.86. The molecule has 1 spiro atoms. The zero-order valence-corrected chi connectivity index (χ0v) is 17.1. The predicted octanol–water partition coefficient (Wildman–Crippen LogP) is 3.82. The van der Waals surface area contributed by atoms with Crippen molar-refractivity contribution in [3.05, 3.63) is 59.2 Å². The second kappa shape index (κ2) is 6.08. The molecule has 3 N–H and O–H groups in total. The number of hydrogen-bond acceptors (Lipinski definition) is 4. The summed E-state index contributed by atoms with van der Waals surface area (Å²) in [6.07, 6.45) is 3.47. The summed E-state index contributed by atoms with van der Waals surface area (Å²) in [4.78, 5) is 7.17. The lowest BCUT2D eigenvalue weighted by molar-refractivity contribution is 0.131. The van der Waals surface area contributed by atoms with Gasteiger partial charge in [-0.25, -0.2) is 4.99 Å². The molecule has 1 aliphatic carbocycles. The van der Waals surface area contributed by atoms with Crippen LogP contribution in [0.2, 0.25) is 0 Å². The van der Waals surface area contributed by atoms with Crippen LogP contribution in [-0.4, -0.2) is 31.0 Å². The van der Waals surface area contributed by atoms with Gasteiger partial charge in [0.1, 0.15) is 5.54 Å². The minimum Gasteiger partial charge on any atom is -0.370 e. The first-order valence-corrected chi connectivity index (χ1v) is 10.4. The summed E-state index contributed by atoms with van der Waals surface area (Å²) < 4.78 is 0. The van der Waals surface area contributed by atoms with Crippen LogP contribution in [0.4, 0.5) is 0 Å². The first-order chi connectivity index (χ1) is 13.4. The third kappa shape index (κ3) is 2.51. The molecule has 0 saturated carbocycles. The fraction of sp³-hybridized carbons (Fsp3) is 0.458. The summed E-state index contributed by atoms with van der Waals surface area (Å²) in [5.41, 5.74) is 12.8. The second-order valence-corrected chi connectivity index (χ2v) is 9.36. The number of likely N-dealkylation sites (N-methyl/N-ethyl adjacent to an activating group) is 1. The maximum absolute atomic E-state index is 6.26. The molecule has 4 nitrogen and oxygen atoms in total. The molecule has 0 amide bonds. The van der Waals surface area contributed by atoms with Crippen molar-refractivity contribution in [2.24, 2.45) is 16.1 Å². The largest absolute Gasteiger partial charge is 0.370 e. The van der Waals surface area contributed by atoms with Gasteiger partial charge in [0.15, 0.2) is 5.96 Å². The molecule has 2 aliphatic heterocycles. The molecule has 4 heteroatoms. The topological polar surface area (TPSA) is 53.6 Å². The number of guanidine groups is 1. The van der Waals surface area contributed by atoms with E-state index in [1.54, 1.807) is 0 Å². The summed E-state index contributed by atoms with van der Waals surface area (Å²) in [5.74, 6) is 0.657. The molecule has 1 fully saturated rings. The Balaban J connectivity index is 1.62. The van der Waals surface area contributed by atoms with Crippen molar-refractivity contribution in [1.29, 1.82) is 0 Å². The Morgan fingerprint density at radius 2 is 1.93 bits per heavy atom. The van der Waals surface area contributed by atoms with E-state index in [0.717, 1.165) is 25.9 Å². The molecule has 2 heterocycles. The van der Waals surface area contributed by atoms with E-state index >= 15 is 0 Å². The van der Waals surface area contributed by atoms with Crippen molar-refractivity contribution in [1.82, 2.24) is 10.2 Å². The number of nitrogens with one attached hydrogen (secondary N) is 1. The highest BCUT2D eigenvalue weighted by atomic mass is 15.3. The van der Waals surface area contributed by atoms with Gasteiger partial charge in [0.25, 0.3) is 0 Å². The fourth-order valence-corrected chi connectivity index (χ4v) is 5.14. The van der Waals surface area contributed by atoms with Gasteiger partial charge in [-0.15, -0.1) is 0 Å². The molecule has 0 radical (unpaired) electrons. The van der Waals surface area contributed by atoms with Crippen molar-refractivity contribution in [2.45, 2.75) is 44.7 Å². The Bertz CT molecular complexity index is 957. The molecule has 0 aromatic heterocycles. The van der Waals surface area contributed by atoms with Crippen LogP contribution in [0.25, 0.3) is 11.1 Å². The SMILES string of the molecule is CN1CC2(N=C1N)c1cc(-c3cccc(C4CCN4)c3)ccc1CCC2(C)C. The van der Waals surface area contributed by atoms with Gasteiger partial charge in [-0.05, 0) is 71.2 Å². The molecule has 3 aliphatic rings. The van der Waals surface area contributed by atoms with Gasteiger partial charge in [-0.2, -0.15) is 0 Å². The molecule has 2 aromatic rings. The van der Waals surface area contributed by atoms with Crippen LogP contribution >= 0.6 is 0 Å². The Hall–Kier alpha value is -2.33. The standard InChI is InChI=1S/C24H30N4/c1-23(2)11-9-16-7-8-18(14-20(16)24(23)15-28(3)22(25)27-24)17-5-4-6-19(13-17)21-10-12-26-21/h4-8,13-14,21,26H,9-12,15H2,1-3H3,(H2,25,27). The average molecular weight is 375 g/mol. The molecular weight excluding hydrogens is 344 g/mol. The first kappa shape index (κ1) is 17.7. The van der Waals surface area contributed by atoms with E-state index in [1.165, 1.54) is 34.2 Å². The summed E-state index contributed by atoms with van der Waals surface area (Å²) in [5, 5.41) is 3.51. The Labute approximate surface area is 167 Å². The smallest absolute Gasteiger partial charge is 0.192 e. The number of aliphatic imine (C=N–C) groups is 1. The molecule has 0 bridgehead atoms. The van der Waals surface area contributed by atoms with Gasteiger partial charge in [-0.3, -0.25) is 0 Å². The van der Waals surface area contributed by atoms with E-state index in [0.29, 0.717) is 12.0 Å². The first-order valence-electron chi connectivity index (χ1n) is 10.4. The fourth-order valence-electron chi connectivity index (χ4n) is 5.14. The van der Waals surface area contributed by atoms with E-state index in [9.17, 15) is 0 Å². The second-order valence-electron chi connectivity index (χ2n) is 9.36. The quantitative estimate of drug-likeness (QED) is 0.840. The van der Waals surface area contributed by atoms with E-state index in [2.05, 4.69) is 73.6 Å². The van der Waals surface area contributed by atoms with Gasteiger partial charge in [0.2, 0.25) is 0 Å². The van der Waals surface area contributed by atoms with Crippen LogP contribution in [0.1, 0.15) is 49.4 Å². The lowest BCUT2D eigenvalue weighted by atomic mass is 9.61. The predicted molar refractivity (Wildman–Crippen MR) is 115 cm³/mol. The van der Waals surface area contributed by atoms with Crippen molar-refractivity contribution in [3.8, 4) is 11.1 Å². The van der Waals surface area contributed by atoms with E-state index in [4.69, 9.17) is 10.7 Å². The number of benzene rings is 2. The number of rotatable bonds is 2. The summed E-state index contributed by atoms with van der Waals surface area (Å²) in [6.45, 7) is 6.68. The number of aryl methyl sites for hydroxylation is 1. The van der Waals surface area contributed by atoms with Crippen LogP contribution < -0.4 is 11.1 Å². The van der Waals surface area contributed by atoms with Crippen molar-refractivity contribution >= 4 is 5.96 Å². The van der Waals surface area contributed by atoms with Crippen LogP contribution in [0, 0.1) is 5.41 Å². The van der Waals surface area contributed by atoms with Crippen molar-refractivity contribution < 1.29 is 0 Å². The lowest BCUT2D eigenvalue weighted by Crippen LogP contribution is -2.47. The maximum atomic E-state index is 6.26. The van der Waals surface area contributed by atoms with Gasteiger partial charge in [0.05, 0.1) is 6.54 Å². The Morgan fingerprint density at radius 3 is 2.61 bits per heavy atom. The van der Waals surface area contributed by atoms with Gasteiger partial charge >= 0.3 is 0 Å². The van der Waals surface area contributed by atoms with Crippen molar-refractivity contribution in [2.75, 3.05) is 20.1 Å². The van der Waals surface area contributed by atoms with E-state index in [-0.39, 0.29) is 11.0 Å². The zero-order chi connectivity index (χ0) is 19.5. The molecule has 5 rings (SSSR count). The minimum absolute atomic E-state index is 0.0751. The Morgan fingerprint density at radius 1 is 1.14 bits per heavy atom. The molecule has 28 heavy (non-hydrogen) atoms. The summed E-state index contributed by atoms with van der Waals surface area (Å²) in [7, 11) is 2.05. The maximum Gasteiger partial charge on any atom is 0.192 e. The highest BCUT2D eigenvalue weighted by molar-refractivity contribution is 5.81. The highest BCUT2D eigenvalue weighted by Crippen LogP contribution is 2.53. The molecule has 146 valence electrons. The lowest BCUT2D eigenvalue weighted by Gasteiger charge is -2.47. The molecule has 2 aromatic carbocycles. The van der Waals surface area contributed by atoms with Gasteiger partial charge in [-0.1, -0.05) is 44.2 Å². The number of nitrogens with two attached hydrogens (primary N) is 1. The van der Waals surface area contributed by atoms with Gasteiger partial charge in [0, 0.05) is 13.1 Å². The zero-order valence-electron chi connectivity index (χ0n) is 17.1. The summed E-state index contributed by atoms with van der Waals surface area (Å²) >= 11 is 0. The third-order valence-corrected chi connectivity index (χ3v) is 7.30. The van der Waals surface area contributed by atoms with Crippen molar-refractivity contribution in [3.63, 3.8) is 0 Å². The van der Waals surface area contributed by atoms with Crippen LogP contribution in [0.15, 0.2) is 47.5 Å². The van der Waals surface area contributed by atoms with Crippen LogP contribution in [0.5, 0.6) is 0 Å². The molecule has 1 saturated heterocycles. The van der Waals surface area contributed by atoms with E-state index in [1.807, 2.05) is 0 Å². The van der Waals surface area contributed by atoms with Crippen LogP contribution in [-0.2, 0) is 12.0 Å². The van der Waals surface area contributed by atoms with E-state index < -0.39 is 0 Å². The molecule has 2 unspecified atom stereocenters. The minimum atomic E-state index is -0.261. The summed E-state index contributed by atoms with van der Waals surface area (Å²) in [6, 6.07) is 16.5. The molecule has 2 atom stereocenters. The van der Waals surface area contributed by atoms with Gasteiger partial charge < -0.3 is 16.0 Å². The highest BCUT2D eigenvalue weighted by Gasteiger charge is 2.53. The number of fused-ring (bicyclic) bond motifs is 2. The number of nitrogens with zero attached hydrogens (tertiary/aromatic N) is 2. The molecular formula is C24H30N4. The van der Waals surface area contributed by atoms with Crippen LogP contribution in [0.3, 0.4) is 0 Å². The number of hydrogen-bond donors (Lipinski definition) is 2. The monoisotopic (exact) mass is 374 g/mol. The normalized spacial score (nSPS) is 28.0. The third-order valence-electron chi connectivity index (χ3n) is 7.30.